The molecule has 0 aliphatic carbocycles. The van der Waals surface area contributed by atoms with Gasteiger partial charge in [-0.05, 0) is 44.3 Å². The van der Waals surface area contributed by atoms with Crippen LogP contribution in [0.1, 0.15) is 16.1 Å². The minimum atomic E-state index is 0.0310. The Labute approximate surface area is 119 Å². The number of nitrogens with one attached hydrogen (secondary N) is 1. The van der Waals surface area contributed by atoms with Crippen LogP contribution >= 0.6 is 0 Å². The summed E-state index contributed by atoms with van der Waals surface area (Å²) in [5, 5.41) is 7.38. The highest BCUT2D eigenvalue weighted by Crippen LogP contribution is 2.11. The molecule has 1 heterocycles. The van der Waals surface area contributed by atoms with Crippen LogP contribution in [0.5, 0.6) is 0 Å². The molecule has 0 aliphatic rings. The number of amides is 1. The van der Waals surface area contributed by atoms with Crippen molar-refractivity contribution in [1.82, 2.24) is 20.0 Å². The van der Waals surface area contributed by atoms with Crippen molar-refractivity contribution in [2.75, 3.05) is 27.2 Å². The van der Waals surface area contributed by atoms with Gasteiger partial charge in [-0.15, -0.1) is 0 Å². The lowest BCUT2D eigenvalue weighted by Gasteiger charge is -2.17. The van der Waals surface area contributed by atoms with E-state index in [9.17, 15) is 4.79 Å². The normalized spacial score (nSPS) is 10.6. The first-order valence-corrected chi connectivity index (χ1v) is 6.64. The molecule has 0 bridgehead atoms. The molecule has 0 fully saturated rings. The van der Waals surface area contributed by atoms with Gasteiger partial charge in [-0.1, -0.05) is 0 Å². The Balaban J connectivity index is 2.10. The van der Waals surface area contributed by atoms with Crippen LogP contribution in [0.4, 0.5) is 0 Å². The molecular formula is C15H20N4O. The minimum Gasteiger partial charge on any atom is -0.340 e. The smallest absolute Gasteiger partial charge is 0.253 e. The molecular weight excluding hydrogens is 252 g/mol. The Morgan fingerprint density at radius 3 is 2.55 bits per heavy atom. The highest BCUT2D eigenvalue weighted by molar-refractivity contribution is 5.94. The van der Waals surface area contributed by atoms with Gasteiger partial charge in [0.25, 0.3) is 5.91 Å². The van der Waals surface area contributed by atoms with Crippen LogP contribution in [0.15, 0.2) is 36.5 Å². The number of likely N-dealkylation sites (N-methyl/N-ethyl adjacent to an activating group) is 2. The SMILES string of the molecule is CNCCN(C)C(=O)c1ccc(-n2ccc(C)n2)cc1. The fourth-order valence-corrected chi connectivity index (χ4v) is 1.92. The molecule has 0 atom stereocenters. The van der Waals surface area contributed by atoms with E-state index in [0.29, 0.717) is 12.1 Å². The predicted molar refractivity (Wildman–Crippen MR) is 79.2 cm³/mol. The highest BCUT2D eigenvalue weighted by atomic mass is 16.2. The molecule has 1 N–H and O–H groups in total. The average molecular weight is 272 g/mol. The van der Waals surface area contributed by atoms with Crippen LogP contribution in [0.2, 0.25) is 0 Å². The first kappa shape index (κ1) is 14.3. The molecule has 0 unspecified atom stereocenters. The standard InChI is InChI=1S/C15H20N4O/c1-12-8-10-19(17-12)14-6-4-13(5-7-14)15(20)18(3)11-9-16-2/h4-8,10,16H,9,11H2,1-3H3. The highest BCUT2D eigenvalue weighted by Gasteiger charge is 2.11. The van der Waals surface area contributed by atoms with Crippen LogP contribution in [-0.4, -0.2) is 47.8 Å². The fraction of sp³-hybridized carbons (Fsp3) is 0.333. The topological polar surface area (TPSA) is 50.2 Å². The third-order valence-corrected chi connectivity index (χ3v) is 3.15. The number of hydrogen-bond donors (Lipinski definition) is 1. The zero-order valence-electron chi connectivity index (χ0n) is 12.1. The summed E-state index contributed by atoms with van der Waals surface area (Å²) in [6.45, 7) is 3.42. The number of carbonyl (C=O) groups is 1. The van der Waals surface area contributed by atoms with Gasteiger partial charge in [0.05, 0.1) is 11.4 Å². The van der Waals surface area contributed by atoms with E-state index >= 15 is 0 Å². The van der Waals surface area contributed by atoms with E-state index in [1.54, 1.807) is 9.58 Å². The van der Waals surface area contributed by atoms with Crippen molar-refractivity contribution in [2.24, 2.45) is 0 Å². The summed E-state index contributed by atoms with van der Waals surface area (Å²) < 4.78 is 1.80. The first-order valence-electron chi connectivity index (χ1n) is 6.64. The molecule has 20 heavy (non-hydrogen) atoms. The van der Waals surface area contributed by atoms with Crippen molar-refractivity contribution in [3.8, 4) is 5.69 Å². The summed E-state index contributed by atoms with van der Waals surface area (Å²) in [4.78, 5) is 13.9. The van der Waals surface area contributed by atoms with Crippen molar-refractivity contribution in [1.29, 1.82) is 0 Å². The molecule has 5 nitrogen and oxygen atoms in total. The number of benzene rings is 1. The van der Waals surface area contributed by atoms with Gasteiger partial charge in [0.1, 0.15) is 0 Å². The van der Waals surface area contributed by atoms with E-state index in [2.05, 4.69) is 10.4 Å². The maximum absolute atomic E-state index is 12.2. The molecule has 0 radical (unpaired) electrons. The van der Waals surface area contributed by atoms with Crippen molar-refractivity contribution < 1.29 is 4.79 Å². The van der Waals surface area contributed by atoms with Gasteiger partial charge in [-0.25, -0.2) is 4.68 Å². The largest absolute Gasteiger partial charge is 0.340 e. The van der Waals surface area contributed by atoms with Gasteiger partial charge in [0.15, 0.2) is 0 Å². The van der Waals surface area contributed by atoms with Crippen LogP contribution in [0, 0.1) is 6.92 Å². The van der Waals surface area contributed by atoms with E-state index in [1.807, 2.05) is 57.5 Å². The Bertz CT molecular complexity index is 574. The van der Waals surface area contributed by atoms with Crippen LogP contribution < -0.4 is 5.32 Å². The maximum atomic E-state index is 12.2. The molecule has 0 aliphatic heterocycles. The Kier molecular flexibility index (Phi) is 4.53. The van der Waals surface area contributed by atoms with E-state index in [0.717, 1.165) is 17.9 Å². The summed E-state index contributed by atoms with van der Waals surface area (Å²) in [7, 11) is 3.68. The van der Waals surface area contributed by atoms with Crippen LogP contribution in [0.25, 0.3) is 5.69 Å². The number of aryl methyl sites for hydroxylation is 1. The van der Waals surface area contributed by atoms with Crippen molar-refractivity contribution in [3.05, 3.63) is 47.8 Å². The lowest BCUT2D eigenvalue weighted by atomic mass is 10.2. The monoisotopic (exact) mass is 272 g/mol. The second kappa shape index (κ2) is 6.34. The molecule has 1 aromatic carbocycles. The quantitative estimate of drug-likeness (QED) is 0.897. The molecule has 1 amide bonds. The lowest BCUT2D eigenvalue weighted by Crippen LogP contribution is -2.32. The molecule has 106 valence electrons. The Morgan fingerprint density at radius 1 is 1.30 bits per heavy atom. The summed E-state index contributed by atoms with van der Waals surface area (Å²) in [6.07, 6.45) is 1.91. The van der Waals surface area contributed by atoms with Crippen molar-refractivity contribution >= 4 is 5.91 Å². The van der Waals surface area contributed by atoms with Gasteiger partial charge >= 0.3 is 0 Å². The number of rotatable bonds is 5. The van der Waals surface area contributed by atoms with E-state index < -0.39 is 0 Å². The fourth-order valence-electron chi connectivity index (χ4n) is 1.92. The third kappa shape index (κ3) is 3.24. The van der Waals surface area contributed by atoms with E-state index in [-0.39, 0.29) is 5.91 Å². The molecule has 1 aromatic heterocycles. The molecule has 5 heteroatoms. The number of aromatic nitrogens is 2. The Morgan fingerprint density at radius 2 is 2.00 bits per heavy atom. The zero-order chi connectivity index (χ0) is 14.5. The summed E-state index contributed by atoms with van der Waals surface area (Å²) in [6, 6.07) is 9.44. The predicted octanol–water partition coefficient (Wildman–Crippen LogP) is 1.47. The third-order valence-electron chi connectivity index (χ3n) is 3.15. The average Bonchev–Trinajstić information content (AvgIpc) is 2.90. The minimum absolute atomic E-state index is 0.0310. The first-order chi connectivity index (χ1) is 9.61. The number of nitrogens with zero attached hydrogens (tertiary/aromatic N) is 3. The van der Waals surface area contributed by atoms with Crippen LogP contribution in [0.3, 0.4) is 0 Å². The summed E-state index contributed by atoms with van der Waals surface area (Å²) >= 11 is 0. The summed E-state index contributed by atoms with van der Waals surface area (Å²) in [5.41, 5.74) is 2.61. The van der Waals surface area contributed by atoms with Gasteiger partial charge in [0.2, 0.25) is 0 Å². The van der Waals surface area contributed by atoms with Gasteiger partial charge < -0.3 is 10.2 Å². The molecule has 0 spiro atoms. The summed E-state index contributed by atoms with van der Waals surface area (Å²) in [5.74, 6) is 0.0310. The number of hydrogen-bond acceptors (Lipinski definition) is 3. The van der Waals surface area contributed by atoms with Gasteiger partial charge in [-0.3, -0.25) is 4.79 Å². The van der Waals surface area contributed by atoms with Crippen LogP contribution in [-0.2, 0) is 0 Å². The van der Waals surface area contributed by atoms with Crippen molar-refractivity contribution in [2.45, 2.75) is 6.92 Å². The Hall–Kier alpha value is -2.14. The second-order valence-corrected chi connectivity index (χ2v) is 4.78. The molecule has 0 saturated carbocycles. The van der Waals surface area contributed by atoms with Gasteiger partial charge in [-0.2, -0.15) is 5.10 Å². The second-order valence-electron chi connectivity index (χ2n) is 4.78. The van der Waals surface area contributed by atoms with E-state index in [1.165, 1.54) is 0 Å². The number of carbonyl (C=O) groups excluding carboxylic acids is 1. The van der Waals surface area contributed by atoms with E-state index in [4.69, 9.17) is 0 Å². The van der Waals surface area contributed by atoms with Crippen molar-refractivity contribution in [3.63, 3.8) is 0 Å². The molecule has 2 rings (SSSR count). The van der Waals surface area contributed by atoms with Gasteiger partial charge in [0, 0.05) is 31.9 Å². The maximum Gasteiger partial charge on any atom is 0.253 e. The zero-order valence-corrected chi connectivity index (χ0v) is 12.1. The molecule has 2 aromatic rings. The molecule has 0 saturated heterocycles. The lowest BCUT2D eigenvalue weighted by molar-refractivity contribution is 0.0797.